The molecule has 3 aromatic rings. The summed E-state index contributed by atoms with van der Waals surface area (Å²) in [4.78, 5) is 26.6. The molecule has 9 nitrogen and oxygen atoms in total. The molecule has 2 aromatic heterocycles. The van der Waals surface area contributed by atoms with Crippen molar-refractivity contribution in [3.63, 3.8) is 0 Å². The van der Waals surface area contributed by atoms with Crippen LogP contribution in [-0.4, -0.2) is 41.5 Å². The van der Waals surface area contributed by atoms with Gasteiger partial charge in [-0.05, 0) is 23.8 Å². The lowest BCUT2D eigenvalue weighted by Gasteiger charge is -2.01. The average Bonchev–Trinajstić information content (AvgIpc) is 3.19. The summed E-state index contributed by atoms with van der Waals surface area (Å²) in [5.74, 6) is -1.85. The number of hydrogen-bond donors (Lipinski definition) is 2. The first kappa shape index (κ1) is 16.3. The fourth-order valence-corrected chi connectivity index (χ4v) is 2.08. The average molecular weight is 344 g/mol. The van der Waals surface area contributed by atoms with E-state index in [9.17, 15) is 14.0 Å². The van der Waals surface area contributed by atoms with E-state index in [2.05, 4.69) is 20.5 Å². The van der Waals surface area contributed by atoms with Gasteiger partial charge in [0.2, 0.25) is 5.95 Å². The molecule has 0 fully saturated rings. The molecule has 2 N–H and O–H groups in total. The molecule has 0 radical (unpaired) electrons. The van der Waals surface area contributed by atoms with E-state index in [0.29, 0.717) is 6.54 Å². The molecule has 0 bridgehead atoms. The number of nitrogens with one attached hydrogen (secondary N) is 1. The number of carbonyl (C=O) groups excluding carboxylic acids is 1. The summed E-state index contributed by atoms with van der Waals surface area (Å²) in [5, 5.41) is 19.1. The van der Waals surface area contributed by atoms with Crippen LogP contribution < -0.4 is 5.32 Å². The third-order valence-corrected chi connectivity index (χ3v) is 3.19. The smallest absolute Gasteiger partial charge is 0.325 e. The molecule has 0 aliphatic carbocycles. The van der Waals surface area contributed by atoms with E-state index in [4.69, 9.17) is 5.11 Å². The Labute approximate surface area is 140 Å². The molecule has 0 saturated carbocycles. The van der Waals surface area contributed by atoms with Crippen molar-refractivity contribution in [2.24, 2.45) is 0 Å². The molecule has 25 heavy (non-hydrogen) atoms. The molecular weight excluding hydrogens is 331 g/mol. The van der Waals surface area contributed by atoms with Crippen LogP contribution in [0.25, 0.3) is 0 Å². The Bertz CT molecular complexity index is 902. The highest BCUT2D eigenvalue weighted by Gasteiger charge is 2.13. The minimum atomic E-state index is -1.06. The van der Waals surface area contributed by atoms with Crippen molar-refractivity contribution in [2.45, 2.75) is 13.1 Å². The zero-order valence-corrected chi connectivity index (χ0v) is 12.8. The van der Waals surface area contributed by atoms with Crippen LogP contribution in [0.1, 0.15) is 16.1 Å². The zero-order valence-electron chi connectivity index (χ0n) is 12.8. The fraction of sp³-hybridized carbons (Fsp3) is 0.133. The second-order valence-electron chi connectivity index (χ2n) is 5.14. The Morgan fingerprint density at radius 3 is 2.60 bits per heavy atom. The number of nitrogens with zero attached hydrogens (tertiary/aromatic N) is 5. The monoisotopic (exact) mass is 344 g/mol. The molecule has 128 valence electrons. The summed E-state index contributed by atoms with van der Waals surface area (Å²) < 4.78 is 15.5. The van der Waals surface area contributed by atoms with Gasteiger partial charge in [-0.25, -0.2) is 14.1 Å². The molecular formula is C15H13FN6O3. The number of hydrogen-bond acceptors (Lipinski definition) is 5. The molecule has 0 unspecified atom stereocenters. The number of rotatable bonds is 6. The minimum Gasteiger partial charge on any atom is -0.480 e. The van der Waals surface area contributed by atoms with Gasteiger partial charge in [0.05, 0.1) is 6.54 Å². The third-order valence-electron chi connectivity index (χ3n) is 3.19. The number of carbonyl (C=O) groups is 2. The molecule has 1 amide bonds. The van der Waals surface area contributed by atoms with E-state index in [0.717, 1.165) is 10.2 Å². The second-order valence-corrected chi connectivity index (χ2v) is 5.14. The normalized spacial score (nSPS) is 10.6. The maximum atomic E-state index is 12.9. The first-order chi connectivity index (χ1) is 12.0. The van der Waals surface area contributed by atoms with E-state index in [1.165, 1.54) is 35.4 Å². The summed E-state index contributed by atoms with van der Waals surface area (Å²) in [5.41, 5.74) is 0.882. The third kappa shape index (κ3) is 4.25. The number of benzene rings is 1. The molecule has 0 aliphatic rings. The van der Waals surface area contributed by atoms with Crippen LogP contribution >= 0.6 is 0 Å². The van der Waals surface area contributed by atoms with Crippen molar-refractivity contribution in [2.75, 3.05) is 5.32 Å². The fourth-order valence-electron chi connectivity index (χ4n) is 2.08. The first-order valence-corrected chi connectivity index (χ1v) is 7.20. The van der Waals surface area contributed by atoms with Crippen LogP contribution in [0.2, 0.25) is 0 Å². The SMILES string of the molecule is O=C(O)Cn1ccc(C(=O)Nc2ncn(Cc3ccc(F)cc3)n2)n1. The van der Waals surface area contributed by atoms with Gasteiger partial charge >= 0.3 is 5.97 Å². The maximum Gasteiger partial charge on any atom is 0.325 e. The topological polar surface area (TPSA) is 115 Å². The van der Waals surface area contributed by atoms with Crippen molar-refractivity contribution in [3.05, 3.63) is 59.9 Å². The van der Waals surface area contributed by atoms with Crippen LogP contribution in [0.3, 0.4) is 0 Å². The van der Waals surface area contributed by atoms with Crippen LogP contribution in [-0.2, 0) is 17.9 Å². The Morgan fingerprint density at radius 2 is 1.88 bits per heavy atom. The lowest BCUT2D eigenvalue weighted by atomic mass is 10.2. The highest BCUT2D eigenvalue weighted by molar-refractivity contribution is 6.01. The number of carboxylic acid groups (broad SMARTS) is 1. The quantitative estimate of drug-likeness (QED) is 0.689. The Morgan fingerprint density at radius 1 is 1.12 bits per heavy atom. The molecule has 0 saturated heterocycles. The first-order valence-electron chi connectivity index (χ1n) is 7.20. The summed E-state index contributed by atoms with van der Waals surface area (Å²) in [7, 11) is 0. The van der Waals surface area contributed by atoms with Crippen LogP contribution in [0.15, 0.2) is 42.9 Å². The molecule has 0 spiro atoms. The Kier molecular flexibility index (Phi) is 4.50. The van der Waals surface area contributed by atoms with E-state index in [1.54, 1.807) is 12.1 Å². The summed E-state index contributed by atoms with van der Waals surface area (Å²) in [6.45, 7) is 0.0359. The van der Waals surface area contributed by atoms with Crippen molar-refractivity contribution in [1.29, 1.82) is 0 Å². The van der Waals surface area contributed by atoms with Crippen molar-refractivity contribution in [1.82, 2.24) is 24.5 Å². The number of carboxylic acids is 1. The van der Waals surface area contributed by atoms with Gasteiger partial charge in [0.1, 0.15) is 18.7 Å². The van der Waals surface area contributed by atoms with E-state index < -0.39 is 11.9 Å². The van der Waals surface area contributed by atoms with Gasteiger partial charge < -0.3 is 5.11 Å². The summed E-state index contributed by atoms with van der Waals surface area (Å²) in [6, 6.07) is 7.35. The van der Waals surface area contributed by atoms with Gasteiger partial charge in [0, 0.05) is 6.20 Å². The van der Waals surface area contributed by atoms with Crippen molar-refractivity contribution < 1.29 is 19.1 Å². The van der Waals surface area contributed by atoms with Gasteiger partial charge in [0.25, 0.3) is 5.91 Å². The number of aliphatic carboxylic acids is 1. The summed E-state index contributed by atoms with van der Waals surface area (Å²) >= 11 is 0. The predicted octanol–water partition coefficient (Wildman–Crippen LogP) is 0.999. The van der Waals surface area contributed by atoms with E-state index >= 15 is 0 Å². The van der Waals surface area contributed by atoms with Crippen LogP contribution in [0.4, 0.5) is 10.3 Å². The van der Waals surface area contributed by atoms with Crippen molar-refractivity contribution >= 4 is 17.8 Å². The Balaban J connectivity index is 1.62. The molecule has 0 aliphatic heterocycles. The predicted molar refractivity (Wildman–Crippen MR) is 83.3 cm³/mol. The van der Waals surface area contributed by atoms with Gasteiger partial charge in [0.15, 0.2) is 5.69 Å². The lowest BCUT2D eigenvalue weighted by molar-refractivity contribution is -0.137. The Hall–Kier alpha value is -3.56. The molecule has 3 rings (SSSR count). The van der Waals surface area contributed by atoms with Gasteiger partial charge in [-0.3, -0.25) is 19.6 Å². The van der Waals surface area contributed by atoms with Crippen LogP contribution in [0, 0.1) is 5.82 Å². The van der Waals surface area contributed by atoms with Gasteiger partial charge in [-0.1, -0.05) is 12.1 Å². The molecule has 2 heterocycles. The van der Waals surface area contributed by atoms with Gasteiger partial charge in [-0.2, -0.15) is 5.10 Å². The number of amides is 1. The van der Waals surface area contributed by atoms with E-state index in [1.807, 2.05) is 0 Å². The molecule has 10 heteroatoms. The number of anilines is 1. The largest absolute Gasteiger partial charge is 0.480 e. The summed E-state index contributed by atoms with van der Waals surface area (Å²) in [6.07, 6.45) is 2.82. The standard InChI is InChI=1S/C15H13FN6O3/c16-11-3-1-10(2-4-11)7-22-9-17-15(20-22)18-14(25)12-5-6-21(19-12)8-13(23)24/h1-6,9H,7-8H2,(H,23,24)(H,18,20,25). The lowest BCUT2D eigenvalue weighted by Crippen LogP contribution is -2.16. The zero-order chi connectivity index (χ0) is 17.8. The molecule has 0 atom stereocenters. The maximum absolute atomic E-state index is 12.9. The highest BCUT2D eigenvalue weighted by atomic mass is 19.1. The minimum absolute atomic E-state index is 0.0520. The van der Waals surface area contributed by atoms with E-state index in [-0.39, 0.29) is 24.0 Å². The van der Waals surface area contributed by atoms with Gasteiger partial charge in [-0.15, -0.1) is 5.10 Å². The number of halogens is 1. The van der Waals surface area contributed by atoms with Crippen molar-refractivity contribution in [3.8, 4) is 0 Å². The molecule has 1 aromatic carbocycles. The second kappa shape index (κ2) is 6.91. The highest BCUT2D eigenvalue weighted by Crippen LogP contribution is 2.07. The van der Waals surface area contributed by atoms with Crippen LogP contribution in [0.5, 0.6) is 0 Å². The number of aromatic nitrogens is 5.